The molecule has 0 saturated heterocycles. The van der Waals surface area contributed by atoms with Crippen LogP contribution in [0, 0.1) is 0 Å². The molecule has 0 bridgehead atoms. The highest BCUT2D eigenvalue weighted by Crippen LogP contribution is 2.30. The molecular formula is C15H10O3. The molecule has 3 heteroatoms. The van der Waals surface area contributed by atoms with E-state index in [0.717, 1.165) is 21.9 Å². The molecule has 3 nitrogen and oxygen atoms in total. The Kier molecular flexibility index (Phi) is 2.20. The third-order valence-corrected chi connectivity index (χ3v) is 2.98. The minimum atomic E-state index is -1.01. The molecule has 0 atom stereocenters. The summed E-state index contributed by atoms with van der Waals surface area (Å²) in [7, 11) is 0. The Morgan fingerprint density at radius 2 is 1.78 bits per heavy atom. The lowest BCUT2D eigenvalue weighted by molar-refractivity contribution is -0.130. The number of furan rings is 1. The molecule has 3 rings (SSSR count). The molecule has 0 radical (unpaired) electrons. The molecule has 88 valence electrons. The van der Waals surface area contributed by atoms with E-state index in [4.69, 9.17) is 9.52 Å². The molecular weight excluding hydrogens is 228 g/mol. The predicted octanol–water partition coefficient (Wildman–Crippen LogP) is 3.68. The Bertz CT molecular complexity index is 781. The fourth-order valence-corrected chi connectivity index (χ4v) is 2.04. The number of carboxylic acids is 1. The van der Waals surface area contributed by atoms with Gasteiger partial charge in [0, 0.05) is 10.8 Å². The lowest BCUT2D eigenvalue weighted by atomic mass is 10.0. The second kappa shape index (κ2) is 3.74. The number of carboxylic acid groups (broad SMARTS) is 1. The topological polar surface area (TPSA) is 50.4 Å². The highest BCUT2D eigenvalue weighted by molar-refractivity contribution is 6.16. The van der Waals surface area contributed by atoms with E-state index in [1.54, 1.807) is 18.2 Å². The summed E-state index contributed by atoms with van der Waals surface area (Å²) < 4.78 is 5.67. The molecule has 0 amide bonds. The van der Waals surface area contributed by atoms with E-state index in [-0.39, 0.29) is 5.57 Å². The second-order valence-electron chi connectivity index (χ2n) is 4.09. The molecule has 0 spiro atoms. The first-order valence-electron chi connectivity index (χ1n) is 5.50. The molecule has 1 heterocycles. The Balaban J connectivity index is 2.31. The van der Waals surface area contributed by atoms with E-state index in [1.807, 2.05) is 24.3 Å². The summed E-state index contributed by atoms with van der Waals surface area (Å²) in [5, 5.41) is 10.8. The third-order valence-electron chi connectivity index (χ3n) is 2.98. The van der Waals surface area contributed by atoms with Crippen molar-refractivity contribution in [2.24, 2.45) is 0 Å². The third kappa shape index (κ3) is 1.49. The van der Waals surface area contributed by atoms with Crippen LogP contribution < -0.4 is 0 Å². The van der Waals surface area contributed by atoms with E-state index < -0.39 is 5.97 Å². The van der Waals surface area contributed by atoms with Gasteiger partial charge in [0.1, 0.15) is 11.2 Å². The first-order chi connectivity index (χ1) is 8.66. The summed E-state index contributed by atoms with van der Waals surface area (Å²) in [6, 6.07) is 13.0. The molecule has 1 N–H and O–H groups in total. The molecule has 0 unspecified atom stereocenters. The maximum Gasteiger partial charge on any atom is 0.335 e. The van der Waals surface area contributed by atoms with Crippen molar-refractivity contribution in [2.45, 2.75) is 0 Å². The first-order valence-corrected chi connectivity index (χ1v) is 5.50. The molecule has 0 aliphatic heterocycles. The number of benzene rings is 2. The molecule has 0 fully saturated rings. The number of fused-ring (bicyclic) bond motifs is 3. The Labute approximate surface area is 103 Å². The molecule has 18 heavy (non-hydrogen) atoms. The Morgan fingerprint density at radius 3 is 2.56 bits per heavy atom. The van der Waals surface area contributed by atoms with Crippen molar-refractivity contribution in [1.29, 1.82) is 0 Å². The van der Waals surface area contributed by atoms with Gasteiger partial charge in [0.15, 0.2) is 0 Å². The molecule has 0 aliphatic carbocycles. The fourth-order valence-electron chi connectivity index (χ4n) is 2.04. The van der Waals surface area contributed by atoms with Crippen LogP contribution in [-0.2, 0) is 4.79 Å². The minimum Gasteiger partial charge on any atom is -0.478 e. The van der Waals surface area contributed by atoms with Gasteiger partial charge in [0.2, 0.25) is 0 Å². The standard InChI is InChI=1S/C15H10O3/c1-9(15(16)17)10-6-7-14-12(8-10)11-4-2-3-5-13(11)18-14/h2-8H,1H2,(H,16,17). The quantitative estimate of drug-likeness (QED) is 0.693. The number of carbonyl (C=O) groups is 1. The van der Waals surface area contributed by atoms with Crippen molar-refractivity contribution in [3.63, 3.8) is 0 Å². The van der Waals surface area contributed by atoms with Gasteiger partial charge in [-0.2, -0.15) is 0 Å². The van der Waals surface area contributed by atoms with Gasteiger partial charge in [-0.1, -0.05) is 30.8 Å². The summed E-state index contributed by atoms with van der Waals surface area (Å²) in [6.45, 7) is 3.57. The van der Waals surface area contributed by atoms with Crippen LogP contribution in [0.25, 0.3) is 27.5 Å². The van der Waals surface area contributed by atoms with Crippen molar-refractivity contribution in [2.75, 3.05) is 0 Å². The zero-order valence-corrected chi connectivity index (χ0v) is 9.51. The number of aliphatic carboxylic acids is 1. The smallest absolute Gasteiger partial charge is 0.335 e. The number of hydrogen-bond acceptors (Lipinski definition) is 2. The lowest BCUT2D eigenvalue weighted by Crippen LogP contribution is -1.97. The average molecular weight is 238 g/mol. The summed E-state index contributed by atoms with van der Waals surface area (Å²) in [5.41, 5.74) is 2.23. The summed E-state index contributed by atoms with van der Waals surface area (Å²) in [5.74, 6) is -1.01. The van der Waals surface area contributed by atoms with Gasteiger partial charge in [-0.3, -0.25) is 0 Å². The maximum absolute atomic E-state index is 10.9. The highest BCUT2D eigenvalue weighted by atomic mass is 16.4. The van der Waals surface area contributed by atoms with Gasteiger partial charge in [0.05, 0.1) is 5.57 Å². The maximum atomic E-state index is 10.9. The van der Waals surface area contributed by atoms with Gasteiger partial charge < -0.3 is 9.52 Å². The van der Waals surface area contributed by atoms with Crippen molar-refractivity contribution >= 4 is 33.5 Å². The minimum absolute atomic E-state index is 0.0854. The molecule has 2 aromatic carbocycles. The molecule has 0 saturated carbocycles. The van der Waals surface area contributed by atoms with Gasteiger partial charge >= 0.3 is 5.97 Å². The normalized spacial score (nSPS) is 10.9. The SMILES string of the molecule is C=C(C(=O)O)c1ccc2oc3ccccc3c2c1. The van der Waals surface area contributed by atoms with Crippen LogP contribution in [0.2, 0.25) is 0 Å². The number of rotatable bonds is 2. The van der Waals surface area contributed by atoms with Crippen molar-refractivity contribution in [3.8, 4) is 0 Å². The molecule has 3 aromatic rings. The van der Waals surface area contributed by atoms with Crippen LogP contribution in [0.3, 0.4) is 0 Å². The van der Waals surface area contributed by atoms with Crippen LogP contribution >= 0.6 is 0 Å². The highest BCUT2D eigenvalue weighted by Gasteiger charge is 2.11. The number of hydrogen-bond donors (Lipinski definition) is 1. The Hall–Kier alpha value is -2.55. The van der Waals surface area contributed by atoms with Gasteiger partial charge in [-0.05, 0) is 23.8 Å². The van der Waals surface area contributed by atoms with E-state index in [0.29, 0.717) is 5.56 Å². The fraction of sp³-hybridized carbons (Fsp3) is 0. The molecule has 0 aliphatic rings. The van der Waals surface area contributed by atoms with Crippen LogP contribution in [0.5, 0.6) is 0 Å². The zero-order chi connectivity index (χ0) is 12.7. The van der Waals surface area contributed by atoms with Crippen molar-refractivity contribution in [3.05, 3.63) is 54.6 Å². The first kappa shape index (κ1) is 10.6. The summed E-state index contributed by atoms with van der Waals surface area (Å²) >= 11 is 0. The summed E-state index contributed by atoms with van der Waals surface area (Å²) in [4.78, 5) is 10.9. The second-order valence-corrected chi connectivity index (χ2v) is 4.09. The Morgan fingerprint density at radius 1 is 1.06 bits per heavy atom. The number of para-hydroxylation sites is 1. The molecule has 1 aromatic heterocycles. The monoisotopic (exact) mass is 238 g/mol. The van der Waals surface area contributed by atoms with Gasteiger partial charge in [-0.15, -0.1) is 0 Å². The lowest BCUT2D eigenvalue weighted by Gasteiger charge is -1.99. The van der Waals surface area contributed by atoms with Crippen molar-refractivity contribution in [1.82, 2.24) is 0 Å². The average Bonchev–Trinajstić information content (AvgIpc) is 2.75. The van der Waals surface area contributed by atoms with Crippen LogP contribution in [0.4, 0.5) is 0 Å². The largest absolute Gasteiger partial charge is 0.478 e. The van der Waals surface area contributed by atoms with E-state index in [2.05, 4.69) is 6.58 Å². The zero-order valence-electron chi connectivity index (χ0n) is 9.51. The van der Waals surface area contributed by atoms with E-state index >= 15 is 0 Å². The van der Waals surface area contributed by atoms with Crippen molar-refractivity contribution < 1.29 is 14.3 Å². The van der Waals surface area contributed by atoms with Crippen LogP contribution in [0.15, 0.2) is 53.5 Å². The van der Waals surface area contributed by atoms with Gasteiger partial charge in [-0.25, -0.2) is 4.79 Å². The predicted molar refractivity (Wildman–Crippen MR) is 70.4 cm³/mol. The van der Waals surface area contributed by atoms with Gasteiger partial charge in [0.25, 0.3) is 0 Å². The van der Waals surface area contributed by atoms with Crippen LogP contribution in [-0.4, -0.2) is 11.1 Å². The summed E-state index contributed by atoms with van der Waals surface area (Å²) in [6.07, 6.45) is 0. The van der Waals surface area contributed by atoms with Crippen LogP contribution in [0.1, 0.15) is 5.56 Å². The van der Waals surface area contributed by atoms with E-state index in [1.165, 1.54) is 0 Å². The van der Waals surface area contributed by atoms with E-state index in [9.17, 15) is 4.79 Å².